The molecule has 0 amide bonds. The van der Waals surface area contributed by atoms with E-state index in [1.54, 1.807) is 14.2 Å². The summed E-state index contributed by atoms with van der Waals surface area (Å²) >= 11 is 0. The molecular formula is C37H42O5Si. The van der Waals surface area contributed by atoms with Gasteiger partial charge in [0.1, 0.15) is 6.61 Å². The Balaban J connectivity index is 1.49. The fourth-order valence-electron chi connectivity index (χ4n) is 6.12. The second kappa shape index (κ2) is 12.9. The molecule has 0 aromatic heterocycles. The van der Waals surface area contributed by atoms with Crippen LogP contribution in [0.5, 0.6) is 11.5 Å². The zero-order valence-corrected chi connectivity index (χ0v) is 26.9. The maximum Gasteiger partial charge on any atom is 0.261 e. The van der Waals surface area contributed by atoms with Crippen LogP contribution in [0.3, 0.4) is 0 Å². The van der Waals surface area contributed by atoms with Crippen molar-refractivity contribution in [2.75, 3.05) is 20.8 Å². The summed E-state index contributed by atoms with van der Waals surface area (Å²) in [4.78, 5) is 0. The molecule has 1 heterocycles. The first kappa shape index (κ1) is 30.8. The minimum atomic E-state index is -2.80. The Hall–Kier alpha value is -3.68. The van der Waals surface area contributed by atoms with Crippen LogP contribution in [-0.4, -0.2) is 34.9 Å². The summed E-state index contributed by atoms with van der Waals surface area (Å²) in [6.07, 6.45) is 2.30. The van der Waals surface area contributed by atoms with Gasteiger partial charge in [-0.25, -0.2) is 0 Å². The first-order chi connectivity index (χ1) is 20.8. The Morgan fingerprint density at radius 2 is 1.44 bits per heavy atom. The molecule has 0 saturated heterocycles. The van der Waals surface area contributed by atoms with Crippen LogP contribution in [0.25, 0.3) is 6.08 Å². The molecule has 0 aliphatic carbocycles. The molecule has 1 atom stereocenters. The zero-order valence-electron chi connectivity index (χ0n) is 25.9. The highest BCUT2D eigenvalue weighted by Crippen LogP contribution is 2.44. The van der Waals surface area contributed by atoms with Gasteiger partial charge >= 0.3 is 0 Å². The van der Waals surface area contributed by atoms with E-state index in [0.29, 0.717) is 31.1 Å². The molecule has 0 saturated carbocycles. The monoisotopic (exact) mass is 594 g/mol. The van der Waals surface area contributed by atoms with E-state index in [1.165, 1.54) is 10.4 Å². The average Bonchev–Trinajstić information content (AvgIpc) is 3.04. The quantitative estimate of drug-likeness (QED) is 0.177. The summed E-state index contributed by atoms with van der Waals surface area (Å²) < 4.78 is 32.2. The average molecular weight is 595 g/mol. The fraction of sp³-hybridized carbons (Fsp3) is 0.297. The summed E-state index contributed by atoms with van der Waals surface area (Å²) in [5.41, 5.74) is 3.96. The molecule has 0 N–H and O–H groups in total. The Morgan fingerprint density at radius 1 is 0.860 bits per heavy atom. The molecule has 0 fully saturated rings. The molecular weight excluding hydrogens is 552 g/mol. The zero-order chi connectivity index (χ0) is 30.5. The predicted octanol–water partition coefficient (Wildman–Crippen LogP) is 6.91. The van der Waals surface area contributed by atoms with Gasteiger partial charge < -0.3 is 23.4 Å². The Labute approximate surface area is 257 Å². The van der Waals surface area contributed by atoms with E-state index in [4.69, 9.17) is 23.4 Å². The van der Waals surface area contributed by atoms with Gasteiger partial charge in [0.25, 0.3) is 8.32 Å². The van der Waals surface area contributed by atoms with Gasteiger partial charge in [0.2, 0.25) is 0 Å². The SMILES string of the molecule is C=Cc1cc2c(c(OC)c1OCc1ccccc1)COC(CO[Si](c1ccccc1)(c1ccccc1)C(C)(C)C)(OC)C2. The lowest BCUT2D eigenvalue weighted by Gasteiger charge is -2.46. The van der Waals surface area contributed by atoms with Crippen LogP contribution in [0.1, 0.15) is 43.0 Å². The number of methoxy groups -OCH3 is 2. The van der Waals surface area contributed by atoms with Crippen LogP contribution in [-0.2, 0) is 33.5 Å². The van der Waals surface area contributed by atoms with Crippen LogP contribution < -0.4 is 19.8 Å². The van der Waals surface area contributed by atoms with Gasteiger partial charge in [0, 0.05) is 24.7 Å². The lowest BCUT2D eigenvalue weighted by Crippen LogP contribution is -2.68. The van der Waals surface area contributed by atoms with Crippen molar-refractivity contribution in [3.05, 3.63) is 126 Å². The molecule has 1 aliphatic heterocycles. The van der Waals surface area contributed by atoms with Crippen LogP contribution >= 0.6 is 0 Å². The molecule has 224 valence electrons. The molecule has 0 spiro atoms. The van der Waals surface area contributed by atoms with Crippen molar-refractivity contribution in [1.82, 2.24) is 0 Å². The van der Waals surface area contributed by atoms with Crippen molar-refractivity contribution >= 4 is 24.8 Å². The van der Waals surface area contributed by atoms with E-state index in [9.17, 15) is 0 Å². The van der Waals surface area contributed by atoms with Gasteiger partial charge in [-0.1, -0.05) is 124 Å². The van der Waals surface area contributed by atoms with Crippen molar-refractivity contribution in [2.24, 2.45) is 0 Å². The number of hydrogen-bond acceptors (Lipinski definition) is 5. The summed E-state index contributed by atoms with van der Waals surface area (Å²) in [5.74, 6) is 0.355. The van der Waals surface area contributed by atoms with Gasteiger partial charge in [0.15, 0.2) is 17.3 Å². The maximum atomic E-state index is 7.25. The van der Waals surface area contributed by atoms with E-state index < -0.39 is 14.1 Å². The largest absolute Gasteiger partial charge is 0.492 e. The van der Waals surface area contributed by atoms with Gasteiger partial charge in [-0.3, -0.25) is 0 Å². The summed E-state index contributed by atoms with van der Waals surface area (Å²) in [6.45, 7) is 11.9. The molecule has 4 aromatic carbocycles. The molecule has 1 unspecified atom stereocenters. The van der Waals surface area contributed by atoms with Gasteiger partial charge in [-0.2, -0.15) is 0 Å². The highest BCUT2D eigenvalue weighted by atomic mass is 28.4. The first-order valence-corrected chi connectivity index (χ1v) is 16.6. The predicted molar refractivity (Wildman–Crippen MR) is 176 cm³/mol. The molecule has 6 heteroatoms. The van der Waals surface area contributed by atoms with Crippen LogP contribution in [0, 0.1) is 0 Å². The molecule has 4 aromatic rings. The minimum Gasteiger partial charge on any atom is -0.492 e. The number of hydrogen-bond donors (Lipinski definition) is 0. The number of ether oxygens (including phenoxy) is 4. The molecule has 0 radical (unpaired) electrons. The lowest BCUT2D eigenvalue weighted by molar-refractivity contribution is -0.250. The van der Waals surface area contributed by atoms with Crippen molar-refractivity contribution in [2.45, 2.75) is 51.2 Å². The molecule has 5 rings (SSSR count). The van der Waals surface area contributed by atoms with E-state index in [2.05, 4.69) is 94.1 Å². The second-order valence-electron chi connectivity index (χ2n) is 12.0. The Morgan fingerprint density at radius 3 is 1.95 bits per heavy atom. The van der Waals surface area contributed by atoms with E-state index in [1.807, 2.05) is 36.4 Å². The third-order valence-corrected chi connectivity index (χ3v) is 13.3. The summed E-state index contributed by atoms with van der Waals surface area (Å²) in [6, 6.07) is 33.5. The van der Waals surface area contributed by atoms with Crippen LogP contribution in [0.4, 0.5) is 0 Å². The normalized spacial score (nSPS) is 16.8. The van der Waals surface area contributed by atoms with E-state index >= 15 is 0 Å². The fourth-order valence-corrected chi connectivity index (χ4v) is 10.7. The van der Waals surface area contributed by atoms with Gasteiger partial charge in [-0.05, 0) is 32.6 Å². The number of rotatable bonds is 11. The summed E-state index contributed by atoms with van der Waals surface area (Å²) in [5, 5.41) is 2.26. The van der Waals surface area contributed by atoms with Crippen LogP contribution in [0.2, 0.25) is 5.04 Å². The smallest absolute Gasteiger partial charge is 0.261 e. The van der Waals surface area contributed by atoms with Crippen LogP contribution in [0.15, 0.2) is 104 Å². The number of fused-ring (bicyclic) bond motifs is 1. The maximum absolute atomic E-state index is 7.25. The van der Waals surface area contributed by atoms with Crippen molar-refractivity contribution in [3.8, 4) is 11.5 Å². The second-order valence-corrected chi connectivity index (χ2v) is 16.3. The van der Waals surface area contributed by atoms with Crippen molar-refractivity contribution < 1.29 is 23.4 Å². The third kappa shape index (κ3) is 6.06. The highest BCUT2D eigenvalue weighted by Gasteiger charge is 2.52. The molecule has 1 aliphatic rings. The van der Waals surface area contributed by atoms with Crippen molar-refractivity contribution in [1.29, 1.82) is 0 Å². The van der Waals surface area contributed by atoms with E-state index in [0.717, 1.165) is 22.3 Å². The summed E-state index contributed by atoms with van der Waals surface area (Å²) in [7, 11) is 0.569. The van der Waals surface area contributed by atoms with Gasteiger partial charge in [0.05, 0.1) is 20.3 Å². The molecule has 5 nitrogen and oxygen atoms in total. The molecule has 43 heavy (non-hydrogen) atoms. The Bertz CT molecular complexity index is 1480. The van der Waals surface area contributed by atoms with Crippen molar-refractivity contribution in [3.63, 3.8) is 0 Å². The first-order valence-electron chi connectivity index (χ1n) is 14.7. The Kier molecular flexibility index (Phi) is 9.23. The molecule has 0 bridgehead atoms. The topological polar surface area (TPSA) is 46.2 Å². The third-order valence-electron chi connectivity index (χ3n) is 8.35. The number of benzene rings is 4. The standard InChI is InChI=1S/C37H42O5Si/c1-7-29-23-30-24-37(39-6,41-26-33(30)35(38-5)34(29)40-25-28-17-11-8-12-18-28)27-42-43(36(2,3)4,31-19-13-9-14-20-31)32-21-15-10-16-22-32/h7-23H,1,24-27H2,2-6H3. The van der Waals surface area contributed by atoms with Gasteiger partial charge in [-0.15, -0.1) is 0 Å². The minimum absolute atomic E-state index is 0.165. The highest BCUT2D eigenvalue weighted by molar-refractivity contribution is 6.99. The van der Waals surface area contributed by atoms with E-state index in [-0.39, 0.29) is 11.6 Å². The lowest BCUT2D eigenvalue weighted by atomic mass is 9.93.